The van der Waals surface area contributed by atoms with Crippen molar-refractivity contribution >= 4 is 11.6 Å². The maximum atomic E-state index is 9.04. The molecule has 0 saturated carbocycles. The van der Waals surface area contributed by atoms with E-state index in [1.807, 2.05) is 30.3 Å². The van der Waals surface area contributed by atoms with E-state index in [1.54, 1.807) is 6.92 Å². The molecule has 2 atom stereocenters. The van der Waals surface area contributed by atoms with E-state index in [0.717, 1.165) is 5.75 Å². The maximum absolute atomic E-state index is 9.04. The summed E-state index contributed by atoms with van der Waals surface area (Å²) in [6.45, 7) is 1.68. The number of rotatable bonds is 4. The van der Waals surface area contributed by atoms with Gasteiger partial charge in [0.2, 0.25) is 0 Å². The van der Waals surface area contributed by atoms with Gasteiger partial charge in [-0.15, -0.1) is 0 Å². The molecule has 1 N–H and O–H groups in total. The smallest absolute Gasteiger partial charge is 0.174 e. The normalized spacial score (nSPS) is 15.0. The molecule has 0 aliphatic carbocycles. The summed E-state index contributed by atoms with van der Waals surface area (Å²) in [5, 5.41) is 9.04. The summed E-state index contributed by atoms with van der Waals surface area (Å²) in [5.41, 5.74) is -0.470. The summed E-state index contributed by atoms with van der Waals surface area (Å²) in [4.78, 5) is 0. The molecule has 1 rings (SSSR count). The van der Waals surface area contributed by atoms with E-state index in [4.69, 9.17) is 21.4 Å². The molecule has 0 aromatic heterocycles. The van der Waals surface area contributed by atoms with Crippen LogP contribution in [0.15, 0.2) is 30.3 Å². The third-order valence-corrected chi connectivity index (χ3v) is 1.80. The van der Waals surface area contributed by atoms with Crippen LogP contribution in [-0.2, 0) is 0 Å². The fourth-order valence-electron chi connectivity index (χ4n) is 0.963. The monoisotopic (exact) mass is 200 g/mol. The van der Waals surface area contributed by atoms with Crippen molar-refractivity contribution in [3.63, 3.8) is 0 Å². The van der Waals surface area contributed by atoms with E-state index in [9.17, 15) is 0 Å². The minimum atomic E-state index is -0.470. The molecule has 0 aliphatic rings. The van der Waals surface area contributed by atoms with Gasteiger partial charge in [-0.25, -0.2) is 0 Å². The number of para-hydroxylation sites is 1. The van der Waals surface area contributed by atoms with Gasteiger partial charge in [0, 0.05) is 6.42 Å². The van der Waals surface area contributed by atoms with Gasteiger partial charge in [0.25, 0.3) is 0 Å². The molecule has 72 valence electrons. The number of benzene rings is 1. The van der Waals surface area contributed by atoms with Crippen molar-refractivity contribution in [1.29, 1.82) is 0 Å². The predicted molar refractivity (Wildman–Crippen MR) is 53.0 cm³/mol. The lowest BCUT2D eigenvalue weighted by Crippen LogP contribution is -2.15. The summed E-state index contributed by atoms with van der Waals surface area (Å²) in [6.07, 6.45) is -0.0117. The van der Waals surface area contributed by atoms with Crippen LogP contribution in [0, 0.1) is 0 Å². The zero-order valence-electron chi connectivity index (χ0n) is 7.48. The first-order valence-electron chi connectivity index (χ1n) is 4.22. The molecule has 0 amide bonds. The van der Waals surface area contributed by atoms with Crippen LogP contribution < -0.4 is 4.74 Å². The number of alkyl halides is 1. The van der Waals surface area contributed by atoms with Gasteiger partial charge in [0.05, 0.1) is 6.10 Å². The number of halogens is 1. The first-order valence-corrected chi connectivity index (χ1v) is 4.66. The Kier molecular flexibility index (Phi) is 4.06. The van der Waals surface area contributed by atoms with Crippen LogP contribution in [0.5, 0.6) is 5.75 Å². The van der Waals surface area contributed by atoms with Crippen LogP contribution in [0.2, 0.25) is 0 Å². The maximum Gasteiger partial charge on any atom is 0.174 e. The van der Waals surface area contributed by atoms with Crippen LogP contribution in [0.4, 0.5) is 0 Å². The lowest BCUT2D eigenvalue weighted by Gasteiger charge is -2.13. The Morgan fingerprint density at radius 1 is 1.38 bits per heavy atom. The summed E-state index contributed by atoms with van der Waals surface area (Å²) >= 11 is 5.83. The number of hydrogen-bond acceptors (Lipinski definition) is 2. The topological polar surface area (TPSA) is 29.5 Å². The lowest BCUT2D eigenvalue weighted by atomic mass is 10.3. The van der Waals surface area contributed by atoms with Crippen LogP contribution in [0.3, 0.4) is 0 Å². The SMILES string of the molecule is CC(O)CC(Cl)Oc1ccccc1. The highest BCUT2D eigenvalue weighted by Crippen LogP contribution is 2.15. The van der Waals surface area contributed by atoms with Gasteiger partial charge in [0.15, 0.2) is 5.56 Å². The molecule has 2 nitrogen and oxygen atoms in total. The Balaban J connectivity index is 2.41. The number of ether oxygens (including phenoxy) is 1. The molecule has 0 radical (unpaired) electrons. The predicted octanol–water partition coefficient (Wildman–Crippen LogP) is 2.40. The summed E-state index contributed by atoms with van der Waals surface area (Å²) in [7, 11) is 0. The molecule has 0 saturated heterocycles. The van der Waals surface area contributed by atoms with Crippen LogP contribution >= 0.6 is 11.6 Å². The van der Waals surface area contributed by atoms with Crippen molar-refractivity contribution in [3.05, 3.63) is 30.3 Å². The Bertz CT molecular complexity index is 236. The van der Waals surface area contributed by atoms with Crippen molar-refractivity contribution in [1.82, 2.24) is 0 Å². The van der Waals surface area contributed by atoms with Gasteiger partial charge >= 0.3 is 0 Å². The molecular formula is C10H13ClO2. The van der Waals surface area contributed by atoms with E-state index in [2.05, 4.69) is 0 Å². The van der Waals surface area contributed by atoms with E-state index in [1.165, 1.54) is 0 Å². The van der Waals surface area contributed by atoms with E-state index < -0.39 is 11.7 Å². The molecule has 0 bridgehead atoms. The minimum absolute atomic E-state index is 0.427. The van der Waals surface area contributed by atoms with Crippen molar-refractivity contribution in [2.24, 2.45) is 0 Å². The lowest BCUT2D eigenvalue weighted by molar-refractivity contribution is 0.141. The van der Waals surface area contributed by atoms with Crippen molar-refractivity contribution in [3.8, 4) is 5.75 Å². The van der Waals surface area contributed by atoms with Crippen molar-refractivity contribution in [2.75, 3.05) is 0 Å². The Labute approximate surface area is 83.1 Å². The molecule has 3 heteroatoms. The Morgan fingerprint density at radius 2 is 2.00 bits per heavy atom. The first-order chi connectivity index (χ1) is 6.18. The molecule has 0 aliphatic heterocycles. The number of aliphatic hydroxyl groups is 1. The third kappa shape index (κ3) is 4.15. The zero-order chi connectivity index (χ0) is 9.68. The highest BCUT2D eigenvalue weighted by atomic mass is 35.5. The van der Waals surface area contributed by atoms with E-state index >= 15 is 0 Å². The molecule has 1 aromatic rings. The van der Waals surface area contributed by atoms with Crippen LogP contribution in [0.1, 0.15) is 13.3 Å². The Hall–Kier alpha value is -0.730. The third-order valence-electron chi connectivity index (χ3n) is 1.53. The quantitative estimate of drug-likeness (QED) is 0.757. The van der Waals surface area contributed by atoms with E-state index in [0.29, 0.717) is 6.42 Å². The molecule has 0 heterocycles. The Morgan fingerprint density at radius 3 is 2.54 bits per heavy atom. The van der Waals surface area contributed by atoms with Gasteiger partial charge < -0.3 is 9.84 Å². The van der Waals surface area contributed by atoms with Gasteiger partial charge in [-0.2, -0.15) is 0 Å². The standard InChI is InChI=1S/C10H13ClO2/c1-8(12)7-10(11)13-9-5-3-2-4-6-9/h2-6,8,10,12H,7H2,1H3. The second kappa shape index (κ2) is 5.10. The second-order valence-electron chi connectivity index (χ2n) is 2.93. The second-order valence-corrected chi connectivity index (χ2v) is 3.41. The number of aliphatic hydroxyl groups excluding tert-OH is 1. The van der Waals surface area contributed by atoms with Gasteiger partial charge in [0.1, 0.15) is 5.75 Å². The van der Waals surface area contributed by atoms with Crippen molar-refractivity contribution < 1.29 is 9.84 Å². The van der Waals surface area contributed by atoms with Crippen LogP contribution in [-0.4, -0.2) is 16.8 Å². The van der Waals surface area contributed by atoms with Crippen molar-refractivity contribution in [2.45, 2.75) is 25.0 Å². The molecule has 1 aromatic carbocycles. The van der Waals surface area contributed by atoms with Gasteiger partial charge in [-0.1, -0.05) is 29.8 Å². The zero-order valence-corrected chi connectivity index (χ0v) is 8.24. The highest BCUT2D eigenvalue weighted by molar-refractivity contribution is 6.19. The average molecular weight is 201 g/mol. The van der Waals surface area contributed by atoms with Gasteiger partial charge in [-0.3, -0.25) is 0 Å². The summed E-state index contributed by atoms with van der Waals surface area (Å²) in [5.74, 6) is 0.725. The van der Waals surface area contributed by atoms with E-state index in [-0.39, 0.29) is 0 Å². The largest absolute Gasteiger partial charge is 0.475 e. The number of hydrogen-bond donors (Lipinski definition) is 1. The first kappa shape index (κ1) is 10.4. The average Bonchev–Trinajstić information content (AvgIpc) is 2.04. The molecule has 13 heavy (non-hydrogen) atoms. The fourth-order valence-corrected chi connectivity index (χ4v) is 1.32. The highest BCUT2D eigenvalue weighted by Gasteiger charge is 2.08. The van der Waals surface area contributed by atoms with Gasteiger partial charge in [-0.05, 0) is 19.1 Å². The fraction of sp³-hybridized carbons (Fsp3) is 0.400. The summed E-state index contributed by atoms with van der Waals surface area (Å²) in [6, 6.07) is 9.32. The molecular weight excluding hydrogens is 188 g/mol. The summed E-state index contributed by atoms with van der Waals surface area (Å²) < 4.78 is 5.33. The molecule has 0 fully saturated rings. The van der Waals surface area contributed by atoms with Crippen LogP contribution in [0.25, 0.3) is 0 Å². The molecule has 0 spiro atoms. The molecule has 2 unspecified atom stereocenters. The minimum Gasteiger partial charge on any atom is -0.475 e.